The first kappa shape index (κ1) is 16.7. The summed E-state index contributed by atoms with van der Waals surface area (Å²) in [6.45, 7) is -0.167. The quantitative estimate of drug-likeness (QED) is 0.610. The Labute approximate surface area is 155 Å². The maximum atomic E-state index is 12.3. The van der Waals surface area contributed by atoms with Crippen LogP contribution in [0.3, 0.4) is 0 Å². The van der Waals surface area contributed by atoms with Crippen molar-refractivity contribution in [2.24, 2.45) is 0 Å². The fourth-order valence-electron chi connectivity index (χ4n) is 2.93. The summed E-state index contributed by atoms with van der Waals surface area (Å²) in [5.74, 6) is -0.328. The van der Waals surface area contributed by atoms with Crippen LogP contribution in [0, 0.1) is 0 Å². The molecule has 0 atom stereocenters. The van der Waals surface area contributed by atoms with Crippen LogP contribution in [0.25, 0.3) is 22.0 Å². The summed E-state index contributed by atoms with van der Waals surface area (Å²) in [5, 5.41) is 9.26. The zero-order chi connectivity index (χ0) is 18.6. The summed E-state index contributed by atoms with van der Waals surface area (Å²) in [7, 11) is 0. The van der Waals surface area contributed by atoms with Gasteiger partial charge >= 0.3 is 0 Å². The number of nitrogens with one attached hydrogen (secondary N) is 1. The van der Waals surface area contributed by atoms with E-state index in [1.165, 1.54) is 10.7 Å². The molecule has 4 rings (SSSR count). The first-order valence-corrected chi connectivity index (χ1v) is 8.47. The van der Waals surface area contributed by atoms with E-state index in [0.29, 0.717) is 11.4 Å². The largest absolute Gasteiger partial charge is 0.324 e. The Bertz CT molecular complexity index is 1160. The molecule has 0 spiro atoms. The van der Waals surface area contributed by atoms with Gasteiger partial charge < -0.3 is 5.32 Å². The van der Waals surface area contributed by atoms with Gasteiger partial charge in [-0.3, -0.25) is 14.6 Å². The van der Waals surface area contributed by atoms with Crippen molar-refractivity contribution >= 4 is 22.4 Å². The van der Waals surface area contributed by atoms with Crippen LogP contribution in [-0.4, -0.2) is 20.7 Å². The van der Waals surface area contributed by atoms with Crippen LogP contribution in [-0.2, 0) is 11.3 Å². The average molecular weight is 356 g/mol. The Hall–Kier alpha value is -3.80. The summed E-state index contributed by atoms with van der Waals surface area (Å²) in [5.41, 5.74) is 1.84. The molecule has 0 unspecified atom stereocenters. The number of rotatable bonds is 4. The van der Waals surface area contributed by atoms with Crippen LogP contribution < -0.4 is 10.9 Å². The zero-order valence-corrected chi connectivity index (χ0v) is 14.4. The molecule has 0 saturated carbocycles. The van der Waals surface area contributed by atoms with Crippen molar-refractivity contribution in [1.82, 2.24) is 14.8 Å². The van der Waals surface area contributed by atoms with Gasteiger partial charge in [0.2, 0.25) is 5.91 Å². The molecule has 0 radical (unpaired) electrons. The molecule has 1 amide bonds. The fourth-order valence-corrected chi connectivity index (χ4v) is 2.93. The van der Waals surface area contributed by atoms with Crippen molar-refractivity contribution in [3.8, 4) is 11.3 Å². The topological polar surface area (TPSA) is 76.9 Å². The average Bonchev–Trinajstić information content (AvgIpc) is 2.70. The maximum Gasteiger partial charge on any atom is 0.267 e. The minimum Gasteiger partial charge on any atom is -0.324 e. The second-order valence-corrected chi connectivity index (χ2v) is 6.03. The molecule has 132 valence electrons. The van der Waals surface area contributed by atoms with E-state index < -0.39 is 0 Å². The van der Waals surface area contributed by atoms with Crippen molar-refractivity contribution in [2.75, 3.05) is 5.32 Å². The normalized spacial score (nSPS) is 10.7. The molecule has 2 aromatic heterocycles. The molecule has 4 aromatic rings. The highest BCUT2D eigenvalue weighted by molar-refractivity contribution is 5.95. The molecule has 6 heteroatoms. The second-order valence-electron chi connectivity index (χ2n) is 6.03. The lowest BCUT2D eigenvalue weighted by atomic mass is 10.0. The van der Waals surface area contributed by atoms with Gasteiger partial charge in [-0.2, -0.15) is 5.10 Å². The molecule has 0 saturated heterocycles. The Morgan fingerprint density at radius 2 is 1.70 bits per heavy atom. The number of hydrogen-bond donors (Lipinski definition) is 1. The van der Waals surface area contributed by atoms with Gasteiger partial charge in [0.05, 0.1) is 5.69 Å². The molecule has 6 nitrogen and oxygen atoms in total. The van der Waals surface area contributed by atoms with E-state index >= 15 is 0 Å². The monoisotopic (exact) mass is 356 g/mol. The Morgan fingerprint density at radius 1 is 0.926 bits per heavy atom. The highest BCUT2D eigenvalue weighted by atomic mass is 16.2. The number of benzene rings is 2. The first-order valence-electron chi connectivity index (χ1n) is 8.47. The highest BCUT2D eigenvalue weighted by Gasteiger charge is 2.10. The minimum absolute atomic E-state index is 0.167. The van der Waals surface area contributed by atoms with Gasteiger partial charge in [-0.1, -0.05) is 42.5 Å². The van der Waals surface area contributed by atoms with Crippen molar-refractivity contribution in [1.29, 1.82) is 0 Å². The van der Waals surface area contributed by atoms with E-state index in [9.17, 15) is 9.59 Å². The highest BCUT2D eigenvalue weighted by Crippen LogP contribution is 2.26. The number of fused-ring (bicyclic) bond motifs is 1. The lowest BCUT2D eigenvalue weighted by Gasteiger charge is -2.10. The zero-order valence-electron chi connectivity index (χ0n) is 14.4. The van der Waals surface area contributed by atoms with Gasteiger partial charge in [0.1, 0.15) is 6.54 Å². The number of pyridine rings is 1. The number of amides is 1. The van der Waals surface area contributed by atoms with Crippen LogP contribution >= 0.6 is 0 Å². The molecule has 0 aliphatic heterocycles. The van der Waals surface area contributed by atoms with Crippen molar-refractivity contribution in [2.45, 2.75) is 6.54 Å². The Morgan fingerprint density at radius 3 is 2.56 bits per heavy atom. The molecule has 1 N–H and O–H groups in total. The van der Waals surface area contributed by atoms with Gasteiger partial charge in [-0.05, 0) is 29.0 Å². The predicted molar refractivity (Wildman–Crippen MR) is 104 cm³/mol. The van der Waals surface area contributed by atoms with Crippen molar-refractivity contribution < 1.29 is 4.79 Å². The summed E-state index contributed by atoms with van der Waals surface area (Å²) in [6.07, 6.45) is 3.17. The number of nitrogens with zero attached hydrogens (tertiary/aromatic N) is 3. The molecule has 2 aromatic carbocycles. The number of carbonyl (C=O) groups is 1. The Kier molecular flexibility index (Phi) is 4.45. The minimum atomic E-state index is -0.330. The van der Waals surface area contributed by atoms with Gasteiger partial charge in [-0.25, -0.2) is 4.68 Å². The lowest BCUT2D eigenvalue weighted by molar-refractivity contribution is -0.117. The second kappa shape index (κ2) is 7.21. The van der Waals surface area contributed by atoms with Gasteiger partial charge in [0.25, 0.3) is 5.56 Å². The summed E-state index contributed by atoms with van der Waals surface area (Å²) in [6, 6.07) is 20.4. The molecule has 27 heavy (non-hydrogen) atoms. The van der Waals surface area contributed by atoms with Crippen LogP contribution in [0.1, 0.15) is 0 Å². The van der Waals surface area contributed by atoms with E-state index in [-0.39, 0.29) is 18.0 Å². The third-order valence-electron chi connectivity index (χ3n) is 4.19. The standard InChI is InChI=1S/C21H16N4O2/c26-20(23-16-10-12-22-13-11-16)14-25-21(27)9-8-19(24-25)18-7-3-5-15-4-1-2-6-17(15)18/h1-13H,14H2,(H,22,23,26). The van der Waals surface area contributed by atoms with Crippen molar-refractivity contribution in [3.05, 3.63) is 89.5 Å². The molecule has 0 aliphatic carbocycles. The van der Waals surface area contributed by atoms with E-state index in [4.69, 9.17) is 0 Å². The number of aromatic nitrogens is 3. The molecule has 0 fully saturated rings. The molecule has 0 bridgehead atoms. The molecular formula is C21H16N4O2. The summed E-state index contributed by atoms with van der Waals surface area (Å²) >= 11 is 0. The van der Waals surface area contributed by atoms with Crippen molar-refractivity contribution in [3.63, 3.8) is 0 Å². The third kappa shape index (κ3) is 3.59. The van der Waals surface area contributed by atoms with Crippen LogP contribution in [0.4, 0.5) is 5.69 Å². The molecule has 2 heterocycles. The predicted octanol–water partition coefficient (Wildman–Crippen LogP) is 3.10. The third-order valence-corrected chi connectivity index (χ3v) is 4.19. The van der Waals surface area contributed by atoms with Crippen LogP contribution in [0.15, 0.2) is 83.9 Å². The maximum absolute atomic E-state index is 12.3. The number of hydrogen-bond acceptors (Lipinski definition) is 4. The summed E-state index contributed by atoms with van der Waals surface area (Å²) in [4.78, 5) is 28.3. The first-order chi connectivity index (χ1) is 13.2. The fraction of sp³-hybridized carbons (Fsp3) is 0.0476. The number of anilines is 1. The Balaban J connectivity index is 1.65. The van der Waals surface area contributed by atoms with Crippen LogP contribution in [0.2, 0.25) is 0 Å². The van der Waals surface area contributed by atoms with Gasteiger partial charge in [0, 0.05) is 29.7 Å². The van der Waals surface area contributed by atoms with E-state index in [2.05, 4.69) is 15.4 Å². The molecule has 0 aliphatic rings. The smallest absolute Gasteiger partial charge is 0.267 e. The SMILES string of the molecule is O=C(Cn1nc(-c2cccc3ccccc23)ccc1=O)Nc1ccncc1. The van der Waals surface area contributed by atoms with E-state index in [0.717, 1.165) is 16.3 Å². The molecular weight excluding hydrogens is 340 g/mol. The van der Waals surface area contributed by atoms with E-state index in [1.807, 2.05) is 42.5 Å². The van der Waals surface area contributed by atoms with E-state index in [1.54, 1.807) is 30.6 Å². The summed E-state index contributed by atoms with van der Waals surface area (Å²) < 4.78 is 1.17. The van der Waals surface area contributed by atoms with Crippen LogP contribution in [0.5, 0.6) is 0 Å². The lowest BCUT2D eigenvalue weighted by Crippen LogP contribution is -2.29. The van der Waals surface area contributed by atoms with Gasteiger partial charge in [0.15, 0.2) is 0 Å². The van der Waals surface area contributed by atoms with Gasteiger partial charge in [-0.15, -0.1) is 0 Å². The number of carbonyl (C=O) groups excluding carboxylic acids is 1.